The van der Waals surface area contributed by atoms with E-state index in [1.54, 1.807) is 0 Å². The van der Waals surface area contributed by atoms with Crippen LogP contribution in [0.3, 0.4) is 0 Å². The van der Waals surface area contributed by atoms with Crippen LogP contribution in [0.4, 0.5) is 0 Å². The summed E-state index contributed by atoms with van der Waals surface area (Å²) in [5.74, 6) is 2.10. The van der Waals surface area contributed by atoms with Gasteiger partial charge in [0.25, 0.3) is 0 Å². The second kappa shape index (κ2) is 6.97. The molecule has 2 atom stereocenters. The largest absolute Gasteiger partial charge is 0.310 e. The fraction of sp³-hybridized carbons (Fsp3) is 0.625. The summed E-state index contributed by atoms with van der Waals surface area (Å²) in [6.45, 7) is 4.59. The number of hydrogen-bond acceptors (Lipinski definition) is 1. The molecule has 0 radical (unpaired) electrons. The molecular weight excluding hydrogens is 277 g/mol. The van der Waals surface area contributed by atoms with Crippen LogP contribution in [0.2, 0.25) is 5.02 Å². The van der Waals surface area contributed by atoms with Gasteiger partial charge in [0.1, 0.15) is 0 Å². The smallest absolute Gasteiger partial charge is 0.0432 e. The molecule has 2 saturated carbocycles. The number of halogens is 2. The zero-order valence-electron chi connectivity index (χ0n) is 12.1. The first-order valence-corrected chi connectivity index (χ1v) is 7.40. The Labute approximate surface area is 128 Å². The van der Waals surface area contributed by atoms with Crippen LogP contribution in [-0.2, 0) is 5.54 Å². The van der Waals surface area contributed by atoms with Gasteiger partial charge in [-0.15, -0.1) is 12.4 Å². The molecule has 1 aromatic rings. The minimum absolute atomic E-state index is 0. The molecule has 0 amide bonds. The van der Waals surface area contributed by atoms with E-state index in [1.807, 2.05) is 19.2 Å². The van der Waals surface area contributed by atoms with Crippen LogP contribution in [0.15, 0.2) is 24.3 Å². The van der Waals surface area contributed by atoms with Gasteiger partial charge in [-0.25, -0.2) is 0 Å². The molecule has 108 valence electrons. The summed E-state index contributed by atoms with van der Waals surface area (Å²) >= 11 is 5.85. The topological polar surface area (TPSA) is 12.0 Å². The summed E-state index contributed by atoms with van der Waals surface area (Å²) < 4.78 is 0. The van der Waals surface area contributed by atoms with Crippen LogP contribution in [0.25, 0.3) is 0 Å². The van der Waals surface area contributed by atoms with Gasteiger partial charge in [-0.05, 0) is 62.3 Å². The van der Waals surface area contributed by atoms with E-state index in [1.165, 1.54) is 31.2 Å². The molecule has 2 aliphatic carbocycles. The molecule has 0 aliphatic heterocycles. The highest BCUT2D eigenvalue weighted by atomic mass is 35.5. The van der Waals surface area contributed by atoms with E-state index in [0.717, 1.165) is 16.9 Å². The van der Waals surface area contributed by atoms with Crippen molar-refractivity contribution in [1.29, 1.82) is 0 Å². The van der Waals surface area contributed by atoms with Crippen molar-refractivity contribution in [2.75, 3.05) is 7.05 Å². The van der Waals surface area contributed by atoms with Crippen LogP contribution in [0, 0.1) is 11.8 Å². The number of benzene rings is 1. The fourth-order valence-corrected chi connectivity index (χ4v) is 2.62. The minimum atomic E-state index is 0. The van der Waals surface area contributed by atoms with Gasteiger partial charge in [0, 0.05) is 10.6 Å². The number of hydrogen-bond donors (Lipinski definition) is 1. The van der Waals surface area contributed by atoms with Crippen molar-refractivity contribution in [2.24, 2.45) is 11.8 Å². The summed E-state index contributed by atoms with van der Waals surface area (Å²) in [5.41, 5.74) is 1.61. The number of rotatable bonds is 2. The van der Waals surface area contributed by atoms with Crippen molar-refractivity contribution in [3.05, 3.63) is 34.9 Å². The molecule has 19 heavy (non-hydrogen) atoms. The molecule has 0 aromatic heterocycles. The third-order valence-corrected chi connectivity index (χ3v) is 4.85. The van der Waals surface area contributed by atoms with E-state index in [4.69, 9.17) is 11.6 Å². The Hall–Kier alpha value is -0.240. The van der Waals surface area contributed by atoms with E-state index in [2.05, 4.69) is 31.3 Å². The van der Waals surface area contributed by atoms with Crippen LogP contribution in [0.1, 0.15) is 45.1 Å². The zero-order chi connectivity index (χ0) is 13.2. The van der Waals surface area contributed by atoms with Crippen molar-refractivity contribution in [1.82, 2.24) is 5.32 Å². The molecule has 0 saturated heterocycles. The maximum atomic E-state index is 5.85. The van der Waals surface area contributed by atoms with Gasteiger partial charge in [0.2, 0.25) is 0 Å². The molecular formula is C16H25Cl2N. The highest BCUT2D eigenvalue weighted by Crippen LogP contribution is 2.40. The van der Waals surface area contributed by atoms with Crippen LogP contribution < -0.4 is 5.32 Å². The van der Waals surface area contributed by atoms with E-state index in [9.17, 15) is 0 Å². The Balaban J connectivity index is 0.000000256. The van der Waals surface area contributed by atoms with E-state index < -0.39 is 0 Å². The lowest BCUT2D eigenvalue weighted by Crippen LogP contribution is -2.45. The minimum Gasteiger partial charge on any atom is -0.310 e. The van der Waals surface area contributed by atoms with Crippen molar-refractivity contribution in [3.8, 4) is 0 Å². The van der Waals surface area contributed by atoms with E-state index in [-0.39, 0.29) is 17.9 Å². The molecule has 0 spiro atoms. The molecule has 3 rings (SSSR count). The van der Waals surface area contributed by atoms with Gasteiger partial charge in [0.15, 0.2) is 0 Å². The molecule has 3 heteroatoms. The fourth-order valence-electron chi connectivity index (χ4n) is 2.49. The van der Waals surface area contributed by atoms with E-state index in [0.29, 0.717) is 0 Å². The Kier molecular flexibility index (Phi) is 6.16. The second-order valence-electron chi connectivity index (χ2n) is 5.88. The lowest BCUT2D eigenvalue weighted by molar-refractivity contribution is 0.201. The maximum Gasteiger partial charge on any atom is 0.0432 e. The van der Waals surface area contributed by atoms with Crippen LogP contribution in [-0.4, -0.2) is 7.05 Å². The number of nitrogens with one attached hydrogen (secondary N) is 1. The van der Waals surface area contributed by atoms with Crippen LogP contribution >= 0.6 is 24.0 Å². The molecule has 0 heterocycles. The lowest BCUT2D eigenvalue weighted by atomic mass is 9.72. The van der Waals surface area contributed by atoms with Crippen LogP contribution in [0.5, 0.6) is 0 Å². The van der Waals surface area contributed by atoms with Gasteiger partial charge in [-0.3, -0.25) is 0 Å². The quantitative estimate of drug-likeness (QED) is 0.808. The van der Waals surface area contributed by atoms with E-state index >= 15 is 0 Å². The summed E-state index contributed by atoms with van der Waals surface area (Å²) in [6, 6.07) is 8.18. The first kappa shape index (κ1) is 16.8. The zero-order valence-corrected chi connectivity index (χ0v) is 13.7. The summed E-state index contributed by atoms with van der Waals surface area (Å²) in [5, 5.41) is 4.22. The molecule has 0 bridgehead atoms. The Bertz CT molecular complexity index is 373. The first-order chi connectivity index (χ1) is 8.57. The average molecular weight is 302 g/mol. The highest BCUT2D eigenvalue weighted by Gasteiger charge is 2.36. The second-order valence-corrected chi connectivity index (χ2v) is 6.32. The molecule has 2 fully saturated rings. The predicted molar refractivity (Wildman–Crippen MR) is 86.2 cm³/mol. The third-order valence-electron chi connectivity index (χ3n) is 4.59. The van der Waals surface area contributed by atoms with Gasteiger partial charge >= 0.3 is 0 Å². The van der Waals surface area contributed by atoms with Gasteiger partial charge < -0.3 is 5.32 Å². The first-order valence-electron chi connectivity index (χ1n) is 7.02. The average Bonchev–Trinajstić information content (AvgIpc) is 2.95. The molecule has 1 N–H and O–H groups in total. The van der Waals surface area contributed by atoms with Crippen molar-refractivity contribution in [2.45, 2.75) is 45.1 Å². The van der Waals surface area contributed by atoms with Gasteiger partial charge in [-0.1, -0.05) is 37.6 Å². The molecule has 1 nitrogen and oxygen atoms in total. The third kappa shape index (κ3) is 4.11. The monoisotopic (exact) mass is 301 g/mol. The lowest BCUT2D eigenvalue weighted by Gasteiger charge is -2.42. The molecule has 1 aromatic carbocycles. The highest BCUT2D eigenvalue weighted by molar-refractivity contribution is 6.30. The Morgan fingerprint density at radius 2 is 1.58 bits per heavy atom. The van der Waals surface area contributed by atoms with Crippen molar-refractivity contribution < 1.29 is 0 Å². The maximum absolute atomic E-state index is 5.85. The standard InChI is InChI=1S/C11H14ClN.C5H10.ClH/c1-13-11(7-2-8-11)9-3-5-10(12)6-4-9;1-4-3-5(4)2;/h3-6,13H,2,7-8H2,1H3;4-5H,3H2,1-2H3;1H. The van der Waals surface area contributed by atoms with Gasteiger partial charge in [0.05, 0.1) is 0 Å². The SMILES string of the molecule is CC1CC1C.CNC1(c2ccc(Cl)cc2)CCC1.Cl. The Morgan fingerprint density at radius 3 is 1.84 bits per heavy atom. The summed E-state index contributed by atoms with van der Waals surface area (Å²) in [6.07, 6.45) is 5.28. The van der Waals surface area contributed by atoms with Crippen molar-refractivity contribution in [3.63, 3.8) is 0 Å². The Morgan fingerprint density at radius 1 is 1.11 bits per heavy atom. The van der Waals surface area contributed by atoms with Crippen molar-refractivity contribution >= 4 is 24.0 Å². The molecule has 2 aliphatic rings. The predicted octanol–water partition coefficient (Wildman–Crippen LogP) is 5.02. The normalized spacial score (nSPS) is 26.3. The molecule has 2 unspecified atom stereocenters. The summed E-state index contributed by atoms with van der Waals surface area (Å²) in [4.78, 5) is 0. The van der Waals surface area contributed by atoms with Gasteiger partial charge in [-0.2, -0.15) is 0 Å². The summed E-state index contributed by atoms with van der Waals surface area (Å²) in [7, 11) is 2.04.